The maximum Gasteiger partial charge on any atom is 0.225 e. The zero-order valence-corrected chi connectivity index (χ0v) is 12.0. The van der Waals surface area contributed by atoms with Gasteiger partial charge in [0, 0.05) is 35.9 Å². The standard InChI is InChI=1S/C14H16N4OS/c1-10-11(15)4-2-5-12(10)18-13(19)6-9-20-14-16-7-3-8-17-14/h2-5,7-8H,6,9,15H2,1H3,(H,18,19). The van der Waals surface area contributed by atoms with Gasteiger partial charge in [-0.3, -0.25) is 4.79 Å². The van der Waals surface area contributed by atoms with Crippen LogP contribution in [0.1, 0.15) is 12.0 Å². The van der Waals surface area contributed by atoms with Gasteiger partial charge in [-0.05, 0) is 30.7 Å². The lowest BCUT2D eigenvalue weighted by Crippen LogP contribution is -2.13. The molecule has 0 spiro atoms. The molecule has 3 N–H and O–H groups in total. The van der Waals surface area contributed by atoms with Crippen molar-refractivity contribution in [1.29, 1.82) is 0 Å². The Morgan fingerprint density at radius 1 is 1.30 bits per heavy atom. The van der Waals surface area contributed by atoms with Crippen LogP contribution in [0.25, 0.3) is 0 Å². The van der Waals surface area contributed by atoms with Gasteiger partial charge in [0.2, 0.25) is 5.91 Å². The molecule has 0 aliphatic heterocycles. The Bertz CT molecular complexity index is 589. The summed E-state index contributed by atoms with van der Waals surface area (Å²) in [5.41, 5.74) is 8.13. The zero-order valence-electron chi connectivity index (χ0n) is 11.2. The number of hydrogen-bond acceptors (Lipinski definition) is 5. The lowest BCUT2D eigenvalue weighted by atomic mass is 10.1. The zero-order chi connectivity index (χ0) is 14.4. The number of carbonyl (C=O) groups is 1. The van der Waals surface area contributed by atoms with Crippen LogP contribution in [-0.2, 0) is 4.79 Å². The predicted octanol–water partition coefficient (Wildman–Crippen LogP) is 2.49. The Morgan fingerprint density at radius 2 is 2.05 bits per heavy atom. The van der Waals surface area contributed by atoms with Crippen LogP contribution in [0.2, 0.25) is 0 Å². The first-order valence-electron chi connectivity index (χ1n) is 6.21. The Morgan fingerprint density at radius 3 is 2.80 bits per heavy atom. The minimum absolute atomic E-state index is 0.0397. The fourth-order valence-corrected chi connectivity index (χ4v) is 2.34. The number of nitrogens with zero attached hydrogens (tertiary/aromatic N) is 2. The summed E-state index contributed by atoms with van der Waals surface area (Å²) < 4.78 is 0. The van der Waals surface area contributed by atoms with Gasteiger partial charge in [-0.15, -0.1) is 0 Å². The predicted molar refractivity (Wildman–Crippen MR) is 81.6 cm³/mol. The summed E-state index contributed by atoms with van der Waals surface area (Å²) in [6.07, 6.45) is 3.77. The van der Waals surface area contributed by atoms with E-state index in [-0.39, 0.29) is 5.91 Å². The molecule has 0 saturated carbocycles. The number of nitrogens with one attached hydrogen (secondary N) is 1. The van der Waals surface area contributed by atoms with Gasteiger partial charge in [-0.25, -0.2) is 9.97 Å². The van der Waals surface area contributed by atoms with Crippen molar-refractivity contribution in [2.75, 3.05) is 16.8 Å². The Balaban J connectivity index is 1.82. The summed E-state index contributed by atoms with van der Waals surface area (Å²) in [6, 6.07) is 7.24. The molecule has 2 rings (SSSR count). The van der Waals surface area contributed by atoms with E-state index in [0.717, 1.165) is 11.3 Å². The highest BCUT2D eigenvalue weighted by atomic mass is 32.2. The third-order valence-electron chi connectivity index (χ3n) is 2.75. The maximum atomic E-state index is 11.9. The van der Waals surface area contributed by atoms with Gasteiger partial charge in [0.15, 0.2) is 5.16 Å². The normalized spacial score (nSPS) is 10.2. The van der Waals surface area contributed by atoms with Gasteiger partial charge in [-0.1, -0.05) is 17.8 Å². The van der Waals surface area contributed by atoms with Crippen molar-refractivity contribution in [3.63, 3.8) is 0 Å². The second kappa shape index (κ2) is 6.91. The van der Waals surface area contributed by atoms with Crippen LogP contribution in [0.15, 0.2) is 41.8 Å². The number of carbonyl (C=O) groups excluding carboxylic acids is 1. The third-order valence-corrected chi connectivity index (χ3v) is 3.63. The van der Waals surface area contributed by atoms with Crippen LogP contribution in [0.5, 0.6) is 0 Å². The summed E-state index contributed by atoms with van der Waals surface area (Å²) in [4.78, 5) is 20.0. The summed E-state index contributed by atoms with van der Waals surface area (Å²) >= 11 is 1.46. The number of rotatable bonds is 5. The number of amides is 1. The topological polar surface area (TPSA) is 80.9 Å². The highest BCUT2D eigenvalue weighted by Gasteiger charge is 2.07. The van der Waals surface area contributed by atoms with Crippen molar-refractivity contribution in [1.82, 2.24) is 9.97 Å². The average molecular weight is 288 g/mol. The maximum absolute atomic E-state index is 11.9. The van der Waals surface area contributed by atoms with E-state index in [1.807, 2.05) is 25.1 Å². The Kier molecular flexibility index (Phi) is 4.95. The highest BCUT2D eigenvalue weighted by Crippen LogP contribution is 2.21. The Hall–Kier alpha value is -2.08. The molecule has 1 aromatic carbocycles. The van der Waals surface area contributed by atoms with Gasteiger partial charge >= 0.3 is 0 Å². The SMILES string of the molecule is Cc1c(N)cccc1NC(=O)CCSc1ncccn1. The van der Waals surface area contributed by atoms with Gasteiger partial charge in [0.05, 0.1) is 0 Å². The van der Waals surface area contributed by atoms with Crippen LogP contribution in [0.3, 0.4) is 0 Å². The number of thioether (sulfide) groups is 1. The van der Waals surface area contributed by atoms with Crippen LogP contribution >= 0.6 is 11.8 Å². The number of nitrogens with two attached hydrogens (primary N) is 1. The van der Waals surface area contributed by atoms with Crippen molar-refractivity contribution in [3.05, 3.63) is 42.2 Å². The molecule has 0 fully saturated rings. The number of anilines is 2. The summed E-state index contributed by atoms with van der Waals surface area (Å²) in [6.45, 7) is 1.89. The second-order valence-electron chi connectivity index (χ2n) is 4.20. The van der Waals surface area contributed by atoms with Crippen molar-refractivity contribution < 1.29 is 4.79 Å². The second-order valence-corrected chi connectivity index (χ2v) is 5.26. The van der Waals surface area contributed by atoms with Crippen molar-refractivity contribution in [2.24, 2.45) is 0 Å². The van der Waals surface area contributed by atoms with E-state index in [1.165, 1.54) is 11.8 Å². The van der Waals surface area contributed by atoms with Crippen molar-refractivity contribution >= 4 is 29.0 Å². The van der Waals surface area contributed by atoms with E-state index < -0.39 is 0 Å². The van der Waals surface area contributed by atoms with Crippen LogP contribution in [-0.4, -0.2) is 21.6 Å². The van der Waals surface area contributed by atoms with E-state index in [0.29, 0.717) is 23.0 Å². The third kappa shape index (κ3) is 3.96. The first-order valence-corrected chi connectivity index (χ1v) is 7.20. The quantitative estimate of drug-likeness (QED) is 0.502. The van der Waals surface area contributed by atoms with E-state index >= 15 is 0 Å². The molecule has 2 aromatic rings. The fraction of sp³-hybridized carbons (Fsp3) is 0.214. The van der Waals surface area contributed by atoms with Gasteiger partial charge in [0.25, 0.3) is 0 Å². The minimum Gasteiger partial charge on any atom is -0.398 e. The highest BCUT2D eigenvalue weighted by molar-refractivity contribution is 7.99. The van der Waals surface area contributed by atoms with Crippen LogP contribution < -0.4 is 11.1 Å². The molecule has 104 valence electrons. The minimum atomic E-state index is -0.0397. The molecule has 1 heterocycles. The number of hydrogen-bond donors (Lipinski definition) is 2. The monoisotopic (exact) mass is 288 g/mol. The molecule has 20 heavy (non-hydrogen) atoms. The molecule has 0 atom stereocenters. The molecule has 5 nitrogen and oxygen atoms in total. The first-order chi connectivity index (χ1) is 9.66. The molecule has 1 amide bonds. The molecule has 0 unspecified atom stereocenters. The number of benzene rings is 1. The lowest BCUT2D eigenvalue weighted by molar-refractivity contribution is -0.115. The smallest absolute Gasteiger partial charge is 0.225 e. The molecule has 0 radical (unpaired) electrons. The van der Waals surface area contributed by atoms with Gasteiger partial charge in [0.1, 0.15) is 0 Å². The molecular weight excluding hydrogens is 272 g/mol. The largest absolute Gasteiger partial charge is 0.398 e. The van der Waals surface area contributed by atoms with Gasteiger partial charge in [-0.2, -0.15) is 0 Å². The molecule has 0 aliphatic carbocycles. The summed E-state index contributed by atoms with van der Waals surface area (Å²) in [5.74, 6) is 0.596. The molecule has 0 aliphatic rings. The van der Waals surface area contributed by atoms with E-state index in [4.69, 9.17) is 5.73 Å². The Labute approximate surface area is 122 Å². The molecule has 6 heteroatoms. The lowest BCUT2D eigenvalue weighted by Gasteiger charge is -2.09. The summed E-state index contributed by atoms with van der Waals surface area (Å²) in [5, 5.41) is 3.55. The van der Waals surface area contributed by atoms with E-state index in [9.17, 15) is 4.79 Å². The van der Waals surface area contributed by atoms with Gasteiger partial charge < -0.3 is 11.1 Å². The van der Waals surface area contributed by atoms with Crippen LogP contribution in [0, 0.1) is 6.92 Å². The number of nitrogen functional groups attached to an aromatic ring is 1. The van der Waals surface area contributed by atoms with Crippen molar-refractivity contribution in [3.8, 4) is 0 Å². The number of aromatic nitrogens is 2. The molecule has 0 bridgehead atoms. The van der Waals surface area contributed by atoms with E-state index in [2.05, 4.69) is 15.3 Å². The molecule has 0 saturated heterocycles. The van der Waals surface area contributed by atoms with Crippen LogP contribution in [0.4, 0.5) is 11.4 Å². The first kappa shape index (κ1) is 14.3. The molecule has 1 aromatic heterocycles. The molecular formula is C14H16N4OS. The fourth-order valence-electron chi connectivity index (χ4n) is 1.60. The van der Waals surface area contributed by atoms with Crippen molar-refractivity contribution in [2.45, 2.75) is 18.5 Å². The summed E-state index contributed by atoms with van der Waals surface area (Å²) in [7, 11) is 0. The average Bonchev–Trinajstić information content (AvgIpc) is 2.45. The van der Waals surface area contributed by atoms with E-state index in [1.54, 1.807) is 18.5 Å².